The summed E-state index contributed by atoms with van der Waals surface area (Å²) in [5.74, 6) is -0.0993. The molecule has 1 aliphatic heterocycles. The van der Waals surface area contributed by atoms with Crippen LogP contribution in [0.1, 0.15) is 38.1 Å². The van der Waals surface area contributed by atoms with Gasteiger partial charge in [0.2, 0.25) is 5.13 Å². The number of nitrogens with zero attached hydrogens (tertiary/aromatic N) is 3. The highest BCUT2D eigenvalue weighted by atomic mass is 32.1. The maximum atomic E-state index is 11.8. The van der Waals surface area contributed by atoms with E-state index in [1.165, 1.54) is 0 Å². The summed E-state index contributed by atoms with van der Waals surface area (Å²) in [5, 5.41) is 10.5. The smallest absolute Gasteiger partial charge is 0.310 e. The van der Waals surface area contributed by atoms with Gasteiger partial charge in [-0.05, 0) is 26.2 Å². The van der Waals surface area contributed by atoms with Crippen LogP contribution in [0.3, 0.4) is 0 Å². The van der Waals surface area contributed by atoms with Crippen molar-refractivity contribution in [3.8, 4) is 0 Å². The summed E-state index contributed by atoms with van der Waals surface area (Å²) >= 11 is 1.64. The van der Waals surface area contributed by atoms with Gasteiger partial charge in [0.05, 0.1) is 12.5 Å². The fraction of sp³-hybridized carbons (Fsp3) is 0.769. The van der Waals surface area contributed by atoms with Crippen molar-refractivity contribution in [2.75, 3.05) is 24.6 Å². The zero-order valence-electron chi connectivity index (χ0n) is 11.6. The first kappa shape index (κ1) is 14.2. The molecule has 1 aliphatic rings. The Balaban J connectivity index is 1.97. The van der Waals surface area contributed by atoms with Crippen molar-refractivity contribution in [3.63, 3.8) is 0 Å². The number of carbonyl (C=O) groups is 1. The molecule has 2 rings (SSSR count). The fourth-order valence-electron chi connectivity index (χ4n) is 2.29. The number of piperidine rings is 1. The fourth-order valence-corrected chi connectivity index (χ4v) is 3.27. The number of hydrogen-bond donors (Lipinski definition) is 0. The molecule has 1 fully saturated rings. The molecule has 6 heteroatoms. The van der Waals surface area contributed by atoms with Crippen molar-refractivity contribution in [1.29, 1.82) is 0 Å². The molecule has 0 radical (unpaired) electrons. The molecule has 0 bridgehead atoms. The minimum atomic E-state index is -0.0782. The molecule has 1 aromatic rings. The van der Waals surface area contributed by atoms with E-state index in [4.69, 9.17) is 4.74 Å². The number of aryl methyl sites for hydroxylation is 1. The lowest BCUT2D eigenvalue weighted by Gasteiger charge is -2.30. The van der Waals surface area contributed by atoms with Gasteiger partial charge in [0.25, 0.3) is 0 Å². The molecule has 1 unspecified atom stereocenters. The molecule has 0 aliphatic carbocycles. The van der Waals surface area contributed by atoms with Gasteiger partial charge in [-0.15, -0.1) is 10.2 Å². The van der Waals surface area contributed by atoms with Crippen LogP contribution >= 0.6 is 11.3 Å². The summed E-state index contributed by atoms with van der Waals surface area (Å²) in [7, 11) is 0. The Hall–Kier alpha value is -1.17. The lowest BCUT2D eigenvalue weighted by molar-refractivity contribution is -0.148. The van der Waals surface area contributed by atoms with Crippen LogP contribution in [-0.4, -0.2) is 35.9 Å². The maximum Gasteiger partial charge on any atom is 0.310 e. The van der Waals surface area contributed by atoms with E-state index in [2.05, 4.69) is 22.0 Å². The molecular formula is C13H21N3O2S. The van der Waals surface area contributed by atoms with Crippen LogP contribution in [0.5, 0.6) is 0 Å². The predicted molar refractivity (Wildman–Crippen MR) is 75.5 cm³/mol. The molecule has 19 heavy (non-hydrogen) atoms. The number of carbonyl (C=O) groups excluding carboxylic acids is 1. The van der Waals surface area contributed by atoms with E-state index in [9.17, 15) is 4.79 Å². The third-order valence-electron chi connectivity index (χ3n) is 3.23. The summed E-state index contributed by atoms with van der Waals surface area (Å²) in [4.78, 5) is 14.0. The zero-order chi connectivity index (χ0) is 13.7. The van der Waals surface area contributed by atoms with E-state index in [1.807, 2.05) is 6.92 Å². The average Bonchev–Trinajstić information content (AvgIpc) is 2.88. The summed E-state index contributed by atoms with van der Waals surface area (Å²) < 4.78 is 5.11. The van der Waals surface area contributed by atoms with Crippen molar-refractivity contribution in [3.05, 3.63) is 5.01 Å². The van der Waals surface area contributed by atoms with E-state index in [0.717, 1.165) is 42.4 Å². The second kappa shape index (κ2) is 6.84. The molecule has 0 N–H and O–H groups in total. The minimum absolute atomic E-state index is 0.0211. The van der Waals surface area contributed by atoms with E-state index < -0.39 is 0 Å². The summed E-state index contributed by atoms with van der Waals surface area (Å²) in [6.07, 6.45) is 3.98. The van der Waals surface area contributed by atoms with Gasteiger partial charge >= 0.3 is 5.97 Å². The molecule has 2 heterocycles. The largest absolute Gasteiger partial charge is 0.466 e. The van der Waals surface area contributed by atoms with Gasteiger partial charge in [-0.3, -0.25) is 4.79 Å². The third-order valence-corrected chi connectivity index (χ3v) is 4.28. The number of hydrogen-bond acceptors (Lipinski definition) is 6. The van der Waals surface area contributed by atoms with Gasteiger partial charge in [-0.2, -0.15) is 0 Å². The standard InChI is InChI=1S/C13H21N3O2S/c1-3-6-11-14-15-13(19-11)16-8-5-7-10(9-16)12(17)18-4-2/h10H,3-9H2,1-2H3. The molecule has 106 valence electrons. The van der Waals surface area contributed by atoms with Gasteiger partial charge < -0.3 is 9.64 Å². The maximum absolute atomic E-state index is 11.8. The molecule has 0 saturated carbocycles. The highest BCUT2D eigenvalue weighted by Crippen LogP contribution is 2.27. The van der Waals surface area contributed by atoms with E-state index in [-0.39, 0.29) is 11.9 Å². The number of rotatable bonds is 5. The Morgan fingerprint density at radius 1 is 1.47 bits per heavy atom. The van der Waals surface area contributed by atoms with Crippen LogP contribution in [0, 0.1) is 5.92 Å². The topological polar surface area (TPSA) is 55.3 Å². The summed E-state index contributed by atoms with van der Waals surface area (Å²) in [5.41, 5.74) is 0. The zero-order valence-corrected chi connectivity index (χ0v) is 12.4. The SMILES string of the molecule is CCCc1nnc(N2CCCC(C(=O)OCC)C2)s1. The van der Waals surface area contributed by atoms with E-state index >= 15 is 0 Å². The highest BCUT2D eigenvalue weighted by Gasteiger charge is 2.28. The normalized spacial score (nSPS) is 19.5. The Kier molecular flexibility index (Phi) is 5.13. The predicted octanol–water partition coefficient (Wildman–Crippen LogP) is 2.27. The lowest BCUT2D eigenvalue weighted by atomic mass is 9.99. The van der Waals surface area contributed by atoms with Crippen molar-refractivity contribution in [1.82, 2.24) is 10.2 Å². The van der Waals surface area contributed by atoms with Crippen LogP contribution < -0.4 is 4.90 Å². The average molecular weight is 283 g/mol. The number of anilines is 1. The quantitative estimate of drug-likeness (QED) is 0.776. The molecule has 0 spiro atoms. The monoisotopic (exact) mass is 283 g/mol. The van der Waals surface area contributed by atoms with Gasteiger partial charge in [-0.1, -0.05) is 18.3 Å². The van der Waals surface area contributed by atoms with Crippen molar-refractivity contribution in [2.45, 2.75) is 39.5 Å². The molecule has 1 atom stereocenters. The first-order chi connectivity index (χ1) is 9.24. The number of esters is 1. The van der Waals surface area contributed by atoms with Crippen LogP contribution in [0.2, 0.25) is 0 Å². The molecule has 1 aromatic heterocycles. The summed E-state index contributed by atoms with van der Waals surface area (Å²) in [6.45, 7) is 6.10. The van der Waals surface area contributed by atoms with Crippen molar-refractivity contribution < 1.29 is 9.53 Å². The molecule has 0 amide bonds. The molecule has 0 aromatic carbocycles. The van der Waals surface area contributed by atoms with Crippen molar-refractivity contribution >= 4 is 22.4 Å². The van der Waals surface area contributed by atoms with E-state index in [0.29, 0.717) is 13.2 Å². The van der Waals surface area contributed by atoms with Gasteiger partial charge in [0.1, 0.15) is 5.01 Å². The first-order valence-corrected chi connectivity index (χ1v) is 7.80. The Bertz CT molecular complexity index is 422. The number of aromatic nitrogens is 2. The minimum Gasteiger partial charge on any atom is -0.466 e. The highest BCUT2D eigenvalue weighted by molar-refractivity contribution is 7.15. The van der Waals surface area contributed by atoms with Crippen LogP contribution in [0.15, 0.2) is 0 Å². The Labute approximate surface area is 118 Å². The Morgan fingerprint density at radius 2 is 2.32 bits per heavy atom. The molecule has 1 saturated heterocycles. The van der Waals surface area contributed by atoms with E-state index in [1.54, 1.807) is 11.3 Å². The van der Waals surface area contributed by atoms with Crippen molar-refractivity contribution in [2.24, 2.45) is 5.92 Å². The second-order valence-electron chi connectivity index (χ2n) is 4.77. The molecular weight excluding hydrogens is 262 g/mol. The first-order valence-electron chi connectivity index (χ1n) is 6.98. The lowest BCUT2D eigenvalue weighted by Crippen LogP contribution is -2.39. The van der Waals surface area contributed by atoms with Gasteiger partial charge in [0, 0.05) is 19.5 Å². The summed E-state index contributed by atoms with van der Waals surface area (Å²) in [6, 6.07) is 0. The van der Waals surface area contributed by atoms with Gasteiger partial charge in [-0.25, -0.2) is 0 Å². The Morgan fingerprint density at radius 3 is 3.05 bits per heavy atom. The van der Waals surface area contributed by atoms with Crippen LogP contribution in [-0.2, 0) is 16.0 Å². The third kappa shape index (κ3) is 3.65. The van der Waals surface area contributed by atoms with Crippen LogP contribution in [0.4, 0.5) is 5.13 Å². The molecule has 5 nitrogen and oxygen atoms in total. The second-order valence-corrected chi connectivity index (χ2v) is 5.81. The van der Waals surface area contributed by atoms with Crippen LogP contribution in [0.25, 0.3) is 0 Å². The number of ether oxygens (including phenoxy) is 1. The van der Waals surface area contributed by atoms with Gasteiger partial charge in [0.15, 0.2) is 0 Å².